The molecule has 0 saturated heterocycles. The van der Waals surface area contributed by atoms with E-state index in [1.807, 2.05) is 0 Å². The first kappa shape index (κ1) is 18.2. The summed E-state index contributed by atoms with van der Waals surface area (Å²) in [5, 5.41) is 7.96. The first-order chi connectivity index (χ1) is 11.1. The van der Waals surface area contributed by atoms with E-state index < -0.39 is 34.1 Å². The summed E-state index contributed by atoms with van der Waals surface area (Å²) < 4.78 is 16.0. The number of pyridine rings is 1. The van der Waals surface area contributed by atoms with Gasteiger partial charge in [-0.3, -0.25) is 9.59 Å². The summed E-state index contributed by atoms with van der Waals surface area (Å²) in [5.74, 6) is -2.59. The number of aromatic nitrogens is 3. The third-order valence-electron chi connectivity index (χ3n) is 3.29. The van der Waals surface area contributed by atoms with Crippen LogP contribution in [0.4, 0.5) is 4.39 Å². The van der Waals surface area contributed by atoms with Gasteiger partial charge in [0.2, 0.25) is 0 Å². The van der Waals surface area contributed by atoms with Gasteiger partial charge in [-0.2, -0.15) is 0 Å². The van der Waals surface area contributed by atoms with Gasteiger partial charge in [0.25, 0.3) is 5.56 Å². The Morgan fingerprint density at radius 2 is 2.04 bits per heavy atom. The molecule has 2 aromatic rings. The predicted molar refractivity (Wildman–Crippen MR) is 87.7 cm³/mol. The third-order valence-corrected chi connectivity index (χ3v) is 4.78. The van der Waals surface area contributed by atoms with Crippen molar-refractivity contribution in [2.45, 2.75) is 24.1 Å². The molecule has 128 valence electrons. The first-order valence-electron chi connectivity index (χ1n) is 6.69. The van der Waals surface area contributed by atoms with Crippen molar-refractivity contribution in [3.8, 4) is 5.82 Å². The maximum Gasteiger partial charge on any atom is 0.336 e. The number of halogens is 2. The van der Waals surface area contributed by atoms with Crippen LogP contribution in [0.5, 0.6) is 0 Å². The lowest BCUT2D eigenvalue weighted by molar-refractivity contribution is -0.136. The van der Waals surface area contributed by atoms with E-state index in [0.717, 1.165) is 17.8 Å². The van der Waals surface area contributed by atoms with E-state index >= 15 is 0 Å². The monoisotopic (exact) mass is 373 g/mol. The van der Waals surface area contributed by atoms with E-state index in [-0.39, 0.29) is 10.0 Å². The van der Waals surface area contributed by atoms with Crippen molar-refractivity contribution in [2.24, 2.45) is 7.05 Å². The second-order valence-electron chi connectivity index (χ2n) is 4.98. The average molecular weight is 374 g/mol. The van der Waals surface area contributed by atoms with Gasteiger partial charge in [-0.25, -0.2) is 18.7 Å². The molecule has 0 bridgehead atoms. The Labute approximate surface area is 144 Å². The summed E-state index contributed by atoms with van der Waals surface area (Å²) >= 11 is 6.67. The molecule has 2 aromatic heterocycles. The maximum absolute atomic E-state index is 14.2. The lowest BCUT2D eigenvalue weighted by atomic mass is 10.4. The van der Waals surface area contributed by atoms with Crippen LogP contribution in [0.1, 0.15) is 12.6 Å². The molecule has 1 N–H and O–H groups in total. The van der Waals surface area contributed by atoms with Gasteiger partial charge in [-0.1, -0.05) is 23.4 Å². The number of hydrogen-bond acceptors (Lipinski definition) is 5. The van der Waals surface area contributed by atoms with Crippen LogP contribution in [0.25, 0.3) is 5.82 Å². The molecule has 2 heterocycles. The number of carboxylic acid groups (broad SMARTS) is 1. The molecule has 0 fully saturated rings. The lowest BCUT2D eigenvalue weighted by Gasteiger charge is -2.12. The highest BCUT2D eigenvalue weighted by Gasteiger charge is 2.21. The van der Waals surface area contributed by atoms with Crippen LogP contribution in [0.3, 0.4) is 0 Å². The minimum Gasteiger partial charge on any atom is -0.480 e. The van der Waals surface area contributed by atoms with E-state index in [1.165, 1.54) is 24.6 Å². The normalized spacial score (nSPS) is 12.2. The van der Waals surface area contributed by atoms with Gasteiger partial charge in [0.1, 0.15) is 10.3 Å². The first-order valence-corrected chi connectivity index (χ1v) is 7.94. The molecule has 0 amide bonds. The van der Waals surface area contributed by atoms with E-state index in [4.69, 9.17) is 16.7 Å². The molecular weight excluding hydrogens is 361 g/mol. The van der Waals surface area contributed by atoms with Crippen LogP contribution in [-0.4, -0.2) is 30.4 Å². The van der Waals surface area contributed by atoms with Crippen molar-refractivity contribution in [3.05, 3.63) is 49.5 Å². The molecule has 0 aliphatic rings. The van der Waals surface area contributed by atoms with Crippen molar-refractivity contribution in [1.29, 1.82) is 0 Å². The molecule has 0 aromatic carbocycles. The fraction of sp³-hybridized carbons (Fsp3) is 0.286. The Kier molecular flexibility index (Phi) is 5.14. The predicted octanol–water partition coefficient (Wildman–Crippen LogP) is 1.60. The van der Waals surface area contributed by atoms with Crippen molar-refractivity contribution < 1.29 is 14.3 Å². The molecule has 10 heteroatoms. The number of thioether (sulfide) groups is 1. The number of hydrogen-bond donors (Lipinski definition) is 1. The zero-order chi connectivity index (χ0) is 18.2. The average Bonchev–Trinajstić information content (AvgIpc) is 2.49. The van der Waals surface area contributed by atoms with Gasteiger partial charge in [-0.15, -0.1) is 0 Å². The number of nitrogens with zero attached hydrogens (tertiary/aromatic N) is 3. The molecule has 1 atom stereocenters. The van der Waals surface area contributed by atoms with Gasteiger partial charge < -0.3 is 9.67 Å². The Bertz CT molecular complexity index is 941. The summed E-state index contributed by atoms with van der Waals surface area (Å²) in [7, 11) is 1.43. The molecular formula is C14H13ClFN3O4S. The molecule has 0 spiro atoms. The van der Waals surface area contributed by atoms with Crippen LogP contribution in [0.15, 0.2) is 26.7 Å². The molecule has 0 radical (unpaired) electrons. The van der Waals surface area contributed by atoms with Gasteiger partial charge in [0.05, 0.1) is 5.02 Å². The maximum atomic E-state index is 14.2. The Hall–Kier alpha value is -2.13. The quantitative estimate of drug-likeness (QED) is 0.818. The van der Waals surface area contributed by atoms with Crippen molar-refractivity contribution in [2.75, 3.05) is 0 Å². The van der Waals surface area contributed by atoms with Crippen molar-refractivity contribution in [3.63, 3.8) is 0 Å². The second-order valence-corrected chi connectivity index (χ2v) is 6.72. The number of aliphatic carboxylic acids is 1. The van der Waals surface area contributed by atoms with Gasteiger partial charge in [0, 0.05) is 18.8 Å². The van der Waals surface area contributed by atoms with Gasteiger partial charge >= 0.3 is 11.7 Å². The van der Waals surface area contributed by atoms with E-state index in [0.29, 0.717) is 10.3 Å². The SMILES string of the molecule is Cc1cc(=O)n(-c2nc(SC(C)C(=O)O)c(Cl)cc2F)c(=O)n1C. The molecule has 7 nitrogen and oxygen atoms in total. The topological polar surface area (TPSA) is 94.2 Å². The molecule has 0 aliphatic heterocycles. The molecule has 2 rings (SSSR count). The Morgan fingerprint density at radius 3 is 2.62 bits per heavy atom. The van der Waals surface area contributed by atoms with Crippen LogP contribution in [0, 0.1) is 12.7 Å². The number of carboxylic acids is 1. The van der Waals surface area contributed by atoms with E-state index in [2.05, 4.69) is 4.98 Å². The third kappa shape index (κ3) is 3.36. The van der Waals surface area contributed by atoms with Crippen LogP contribution in [0.2, 0.25) is 5.02 Å². The fourth-order valence-corrected chi connectivity index (χ4v) is 2.85. The highest BCUT2D eigenvalue weighted by molar-refractivity contribution is 8.00. The van der Waals surface area contributed by atoms with Crippen LogP contribution in [-0.2, 0) is 11.8 Å². The summed E-state index contributed by atoms with van der Waals surface area (Å²) in [5.41, 5.74) is -1.10. The zero-order valence-corrected chi connectivity index (χ0v) is 14.5. The summed E-state index contributed by atoms with van der Waals surface area (Å²) in [6.45, 7) is 2.97. The number of carbonyl (C=O) groups is 1. The highest BCUT2D eigenvalue weighted by Crippen LogP contribution is 2.30. The minimum atomic E-state index is -1.10. The largest absolute Gasteiger partial charge is 0.480 e. The Balaban J connectivity index is 2.69. The Morgan fingerprint density at radius 1 is 1.42 bits per heavy atom. The van der Waals surface area contributed by atoms with E-state index in [9.17, 15) is 18.8 Å². The zero-order valence-electron chi connectivity index (χ0n) is 12.9. The van der Waals surface area contributed by atoms with Crippen molar-refractivity contribution in [1.82, 2.24) is 14.1 Å². The van der Waals surface area contributed by atoms with Gasteiger partial charge in [0.15, 0.2) is 11.6 Å². The van der Waals surface area contributed by atoms with Gasteiger partial charge in [-0.05, 0) is 19.9 Å². The molecule has 24 heavy (non-hydrogen) atoms. The molecule has 0 aliphatic carbocycles. The standard InChI is InChI=1S/C14H13ClFN3O4S/c1-6-4-10(20)19(14(23)18(6)3)11-9(16)5-8(15)12(17-11)24-7(2)13(21)22/h4-5,7H,1-3H3,(H,21,22). The summed E-state index contributed by atoms with van der Waals surface area (Å²) in [6.07, 6.45) is 0. The van der Waals surface area contributed by atoms with E-state index in [1.54, 1.807) is 6.92 Å². The van der Waals surface area contributed by atoms with Crippen LogP contribution < -0.4 is 11.2 Å². The van der Waals surface area contributed by atoms with Crippen molar-refractivity contribution >= 4 is 29.3 Å². The molecule has 0 saturated carbocycles. The smallest absolute Gasteiger partial charge is 0.336 e. The fourth-order valence-electron chi connectivity index (χ4n) is 1.83. The van der Waals surface area contributed by atoms with Crippen LogP contribution >= 0.6 is 23.4 Å². The number of rotatable bonds is 4. The minimum absolute atomic E-state index is 0.0116. The summed E-state index contributed by atoms with van der Waals surface area (Å²) in [6, 6.07) is 2.07. The number of aryl methyl sites for hydroxylation is 1. The lowest BCUT2D eigenvalue weighted by Crippen LogP contribution is -2.39. The summed E-state index contributed by atoms with van der Waals surface area (Å²) in [4.78, 5) is 39.2. The molecule has 1 unspecified atom stereocenters. The second kappa shape index (κ2) is 6.78. The highest BCUT2D eigenvalue weighted by atomic mass is 35.5.